The number of hydrogen-bond donors (Lipinski definition) is 0. The van der Waals surface area contributed by atoms with E-state index in [0.717, 1.165) is 23.4 Å². The molecule has 5 heteroatoms. The summed E-state index contributed by atoms with van der Waals surface area (Å²) in [6.45, 7) is 1.45. The van der Waals surface area contributed by atoms with Crippen molar-refractivity contribution in [3.05, 3.63) is 54.6 Å². The molecule has 0 saturated heterocycles. The van der Waals surface area contributed by atoms with Crippen molar-refractivity contribution in [2.45, 2.75) is 0 Å². The van der Waals surface area contributed by atoms with Gasteiger partial charge in [-0.1, -0.05) is 35.5 Å². The molecule has 118 valence electrons. The maximum absolute atomic E-state index is 5.85. The van der Waals surface area contributed by atoms with Crippen LogP contribution in [0.1, 0.15) is 0 Å². The predicted octanol–water partition coefficient (Wildman–Crippen LogP) is 3.34. The maximum Gasteiger partial charge on any atom is 0.258 e. The molecule has 23 heavy (non-hydrogen) atoms. The largest absolute Gasteiger partial charge is 0.491 e. The lowest BCUT2D eigenvalue weighted by molar-refractivity contribution is 0.262. The maximum atomic E-state index is 5.85. The summed E-state index contributed by atoms with van der Waals surface area (Å²) in [6, 6.07) is 17.4. The Morgan fingerprint density at radius 3 is 2.52 bits per heavy atom. The van der Waals surface area contributed by atoms with Gasteiger partial charge in [-0.3, -0.25) is 0 Å². The molecule has 0 unspecified atom stereocenters. The number of aromatic nitrogens is 2. The van der Waals surface area contributed by atoms with E-state index >= 15 is 0 Å². The fraction of sp³-hybridized carbons (Fsp3) is 0.222. The molecule has 0 aliphatic carbocycles. The van der Waals surface area contributed by atoms with Crippen LogP contribution in [-0.2, 0) is 0 Å². The van der Waals surface area contributed by atoms with Crippen LogP contribution in [0.25, 0.3) is 22.8 Å². The average Bonchev–Trinajstić information content (AvgIpc) is 3.06. The Morgan fingerprint density at radius 1 is 1.00 bits per heavy atom. The van der Waals surface area contributed by atoms with Gasteiger partial charge in [0.2, 0.25) is 5.82 Å². The van der Waals surface area contributed by atoms with Crippen LogP contribution in [0.15, 0.2) is 59.1 Å². The lowest BCUT2D eigenvalue weighted by Gasteiger charge is -2.12. The molecule has 5 nitrogen and oxygen atoms in total. The number of benzene rings is 2. The van der Waals surface area contributed by atoms with Gasteiger partial charge in [0.25, 0.3) is 5.89 Å². The Hall–Kier alpha value is -2.66. The quantitative estimate of drug-likeness (QED) is 0.699. The second-order valence-electron chi connectivity index (χ2n) is 5.44. The number of hydrogen-bond acceptors (Lipinski definition) is 5. The highest BCUT2D eigenvalue weighted by Crippen LogP contribution is 2.29. The zero-order valence-corrected chi connectivity index (χ0v) is 13.3. The third-order valence-corrected chi connectivity index (χ3v) is 3.37. The van der Waals surface area contributed by atoms with Crippen molar-refractivity contribution in [3.8, 4) is 28.6 Å². The molecular formula is C18H19N3O2. The van der Waals surface area contributed by atoms with Gasteiger partial charge in [0.15, 0.2) is 0 Å². The van der Waals surface area contributed by atoms with Gasteiger partial charge in [0.1, 0.15) is 12.4 Å². The highest BCUT2D eigenvalue weighted by atomic mass is 16.5. The minimum atomic E-state index is 0.503. The molecule has 3 rings (SSSR count). The van der Waals surface area contributed by atoms with E-state index in [-0.39, 0.29) is 0 Å². The molecule has 1 aromatic heterocycles. The molecule has 3 aromatic rings. The van der Waals surface area contributed by atoms with Crippen molar-refractivity contribution < 1.29 is 9.26 Å². The molecule has 0 amide bonds. The first-order valence-electron chi connectivity index (χ1n) is 7.50. The van der Waals surface area contributed by atoms with E-state index in [0.29, 0.717) is 18.3 Å². The van der Waals surface area contributed by atoms with Crippen molar-refractivity contribution in [1.29, 1.82) is 0 Å². The summed E-state index contributed by atoms with van der Waals surface area (Å²) < 4.78 is 11.2. The summed E-state index contributed by atoms with van der Waals surface area (Å²) in [4.78, 5) is 6.56. The molecule has 0 aliphatic rings. The lowest BCUT2D eigenvalue weighted by atomic mass is 10.2. The molecule has 1 heterocycles. The van der Waals surface area contributed by atoms with Crippen molar-refractivity contribution in [2.75, 3.05) is 27.2 Å². The monoisotopic (exact) mass is 309 g/mol. The van der Waals surface area contributed by atoms with E-state index < -0.39 is 0 Å². The van der Waals surface area contributed by atoms with E-state index in [2.05, 4.69) is 15.0 Å². The van der Waals surface area contributed by atoms with Crippen LogP contribution in [0.3, 0.4) is 0 Å². The molecule has 0 atom stereocenters. The third kappa shape index (κ3) is 3.76. The average molecular weight is 309 g/mol. The number of ether oxygens (including phenoxy) is 1. The van der Waals surface area contributed by atoms with Crippen molar-refractivity contribution >= 4 is 0 Å². The minimum absolute atomic E-state index is 0.503. The summed E-state index contributed by atoms with van der Waals surface area (Å²) in [5.41, 5.74) is 1.73. The first kappa shape index (κ1) is 15.2. The van der Waals surface area contributed by atoms with E-state index in [4.69, 9.17) is 9.26 Å². The first-order valence-corrected chi connectivity index (χ1v) is 7.50. The van der Waals surface area contributed by atoms with Gasteiger partial charge >= 0.3 is 0 Å². The first-order chi connectivity index (χ1) is 11.2. The van der Waals surface area contributed by atoms with Crippen molar-refractivity contribution in [1.82, 2.24) is 15.0 Å². The van der Waals surface area contributed by atoms with Crippen molar-refractivity contribution in [2.24, 2.45) is 0 Å². The molecule has 0 spiro atoms. The van der Waals surface area contributed by atoms with Gasteiger partial charge in [0, 0.05) is 12.1 Å². The van der Waals surface area contributed by atoms with Crippen LogP contribution in [0.5, 0.6) is 5.75 Å². The zero-order valence-electron chi connectivity index (χ0n) is 13.3. The fourth-order valence-corrected chi connectivity index (χ4v) is 2.15. The Labute approximate surface area is 135 Å². The molecule has 0 aliphatic heterocycles. The van der Waals surface area contributed by atoms with Crippen LogP contribution in [0.2, 0.25) is 0 Å². The van der Waals surface area contributed by atoms with Crippen LogP contribution in [0.4, 0.5) is 0 Å². The molecular weight excluding hydrogens is 290 g/mol. The van der Waals surface area contributed by atoms with Gasteiger partial charge in [-0.15, -0.1) is 0 Å². The summed E-state index contributed by atoms with van der Waals surface area (Å²) in [5, 5.41) is 4.09. The molecule has 0 N–H and O–H groups in total. The smallest absolute Gasteiger partial charge is 0.258 e. The Kier molecular flexibility index (Phi) is 4.68. The summed E-state index contributed by atoms with van der Waals surface area (Å²) in [6.07, 6.45) is 0. The summed E-state index contributed by atoms with van der Waals surface area (Å²) in [5.74, 6) is 1.79. The van der Waals surface area contributed by atoms with E-state index in [1.54, 1.807) is 0 Å². The highest BCUT2D eigenvalue weighted by molar-refractivity contribution is 5.65. The second-order valence-corrected chi connectivity index (χ2v) is 5.44. The van der Waals surface area contributed by atoms with E-state index in [9.17, 15) is 0 Å². The molecule has 0 saturated carbocycles. The SMILES string of the molecule is CN(C)CCOc1ccccc1-c1noc(-c2ccccc2)n1. The summed E-state index contributed by atoms with van der Waals surface area (Å²) >= 11 is 0. The Bertz CT molecular complexity index is 754. The molecule has 2 aromatic carbocycles. The third-order valence-electron chi connectivity index (χ3n) is 3.37. The second kappa shape index (κ2) is 7.07. The molecule has 0 radical (unpaired) electrons. The summed E-state index contributed by atoms with van der Waals surface area (Å²) in [7, 11) is 4.03. The van der Waals surface area contributed by atoms with E-state index in [1.807, 2.05) is 68.7 Å². The predicted molar refractivity (Wildman–Crippen MR) is 89.2 cm³/mol. The van der Waals surface area contributed by atoms with Crippen LogP contribution < -0.4 is 4.74 Å². The molecule has 0 bridgehead atoms. The number of likely N-dealkylation sites (N-methyl/N-ethyl adjacent to an activating group) is 1. The van der Waals surface area contributed by atoms with Crippen LogP contribution in [-0.4, -0.2) is 42.3 Å². The Balaban J connectivity index is 1.83. The van der Waals surface area contributed by atoms with Gasteiger partial charge in [-0.05, 0) is 38.4 Å². The van der Waals surface area contributed by atoms with Gasteiger partial charge < -0.3 is 14.2 Å². The number of para-hydroxylation sites is 1. The van der Waals surface area contributed by atoms with Gasteiger partial charge in [-0.25, -0.2) is 0 Å². The van der Waals surface area contributed by atoms with Gasteiger partial charge in [-0.2, -0.15) is 4.98 Å². The van der Waals surface area contributed by atoms with Crippen LogP contribution >= 0.6 is 0 Å². The van der Waals surface area contributed by atoms with E-state index in [1.165, 1.54) is 0 Å². The normalized spacial score (nSPS) is 10.9. The van der Waals surface area contributed by atoms with Gasteiger partial charge in [0.05, 0.1) is 5.56 Å². The lowest BCUT2D eigenvalue weighted by Crippen LogP contribution is -2.19. The van der Waals surface area contributed by atoms with Crippen LogP contribution in [0, 0.1) is 0 Å². The van der Waals surface area contributed by atoms with Crippen molar-refractivity contribution in [3.63, 3.8) is 0 Å². The highest BCUT2D eigenvalue weighted by Gasteiger charge is 2.14. The molecule has 0 fully saturated rings. The number of nitrogens with zero attached hydrogens (tertiary/aromatic N) is 3. The number of rotatable bonds is 6. The minimum Gasteiger partial charge on any atom is -0.491 e. The fourth-order valence-electron chi connectivity index (χ4n) is 2.15. The Morgan fingerprint density at radius 2 is 1.74 bits per heavy atom. The zero-order chi connectivity index (χ0) is 16.1. The topological polar surface area (TPSA) is 51.4 Å². The standard InChI is InChI=1S/C18H19N3O2/c1-21(2)12-13-22-16-11-7-6-10-15(16)17-19-18(23-20-17)14-8-4-3-5-9-14/h3-11H,12-13H2,1-2H3.